The molecule has 23 heavy (non-hydrogen) atoms. The number of hydrogen-bond donors (Lipinski definition) is 1. The lowest BCUT2D eigenvalue weighted by molar-refractivity contribution is -0.489. The summed E-state index contributed by atoms with van der Waals surface area (Å²) in [6.07, 6.45) is 2.61. The van der Waals surface area contributed by atoms with E-state index in [1.807, 2.05) is 68.6 Å². The van der Waals surface area contributed by atoms with Crippen molar-refractivity contribution in [3.05, 3.63) is 81.5 Å². The van der Waals surface area contributed by atoms with Gasteiger partial charge in [-0.25, -0.2) is 0 Å². The first kappa shape index (κ1) is 15.3. The molecule has 3 aromatic rings. The summed E-state index contributed by atoms with van der Waals surface area (Å²) < 4.78 is 0. The van der Waals surface area contributed by atoms with E-state index >= 15 is 0 Å². The molecule has 0 bridgehead atoms. The van der Waals surface area contributed by atoms with Gasteiger partial charge in [-0.05, 0) is 30.0 Å². The van der Waals surface area contributed by atoms with Gasteiger partial charge in [0.25, 0.3) is 0 Å². The molecule has 0 spiro atoms. The molecule has 0 fully saturated rings. The summed E-state index contributed by atoms with van der Waals surface area (Å²) in [7, 11) is 0. The van der Waals surface area contributed by atoms with Crippen LogP contribution in [0.2, 0.25) is 0 Å². The predicted molar refractivity (Wildman–Crippen MR) is 92.4 cm³/mol. The normalized spacial score (nSPS) is 13.8. The van der Waals surface area contributed by atoms with Crippen molar-refractivity contribution in [2.75, 3.05) is 6.54 Å². The largest absolute Gasteiger partial charge is 0.361 e. The molecule has 0 aliphatic carbocycles. The third-order valence-electron chi connectivity index (χ3n) is 4.77. The van der Waals surface area contributed by atoms with Crippen LogP contribution in [0.3, 0.4) is 0 Å². The second-order valence-electron chi connectivity index (χ2n) is 5.99. The molecule has 1 heterocycles. The number of nitro groups is 1. The van der Waals surface area contributed by atoms with Crippen molar-refractivity contribution < 1.29 is 4.92 Å². The second kappa shape index (κ2) is 5.88. The van der Waals surface area contributed by atoms with Crippen LogP contribution in [0, 0.1) is 17.0 Å². The van der Waals surface area contributed by atoms with Crippen LogP contribution < -0.4 is 0 Å². The van der Waals surface area contributed by atoms with Gasteiger partial charge in [-0.3, -0.25) is 10.1 Å². The first-order valence-corrected chi connectivity index (χ1v) is 7.83. The highest BCUT2D eigenvalue weighted by Gasteiger charge is 2.39. The van der Waals surface area contributed by atoms with E-state index in [9.17, 15) is 10.1 Å². The van der Waals surface area contributed by atoms with E-state index in [1.165, 1.54) is 0 Å². The monoisotopic (exact) mass is 308 g/mol. The first-order valence-electron chi connectivity index (χ1n) is 7.83. The minimum atomic E-state index is -0.628. The van der Waals surface area contributed by atoms with Gasteiger partial charge < -0.3 is 4.98 Å². The molecule has 4 heteroatoms. The molecule has 0 unspecified atom stereocenters. The maximum Gasteiger partial charge on any atom is 0.217 e. The maximum absolute atomic E-state index is 11.4. The summed E-state index contributed by atoms with van der Waals surface area (Å²) in [5, 5.41) is 12.5. The lowest BCUT2D eigenvalue weighted by Gasteiger charge is -2.29. The minimum Gasteiger partial charge on any atom is -0.361 e. The fraction of sp³-hybridized carbons (Fsp3) is 0.263. The van der Waals surface area contributed by atoms with Crippen molar-refractivity contribution in [2.45, 2.75) is 25.7 Å². The van der Waals surface area contributed by atoms with Crippen molar-refractivity contribution in [2.24, 2.45) is 0 Å². The third-order valence-corrected chi connectivity index (χ3v) is 4.77. The van der Waals surface area contributed by atoms with Gasteiger partial charge in [-0.2, -0.15) is 0 Å². The van der Waals surface area contributed by atoms with Gasteiger partial charge >= 0.3 is 0 Å². The third kappa shape index (κ3) is 2.50. The molecule has 118 valence electrons. The van der Waals surface area contributed by atoms with Crippen LogP contribution in [0.1, 0.15) is 30.0 Å². The lowest BCUT2D eigenvalue weighted by atomic mass is 9.72. The fourth-order valence-electron chi connectivity index (χ4n) is 3.52. The number of nitrogens with zero attached hydrogens (tertiary/aromatic N) is 1. The number of nitrogens with one attached hydrogen (secondary N) is 1. The zero-order chi connectivity index (χ0) is 16.4. The number of para-hydroxylation sites is 1. The number of aromatic amines is 1. The Morgan fingerprint density at radius 2 is 1.87 bits per heavy atom. The number of hydrogen-bond acceptors (Lipinski definition) is 2. The molecule has 2 aromatic carbocycles. The lowest BCUT2D eigenvalue weighted by Crippen LogP contribution is -2.35. The molecule has 4 nitrogen and oxygen atoms in total. The van der Waals surface area contributed by atoms with Crippen molar-refractivity contribution >= 4 is 10.9 Å². The maximum atomic E-state index is 11.4. The molecule has 1 aromatic heterocycles. The summed E-state index contributed by atoms with van der Waals surface area (Å²) in [5.74, 6) is 0. The number of rotatable bonds is 5. The van der Waals surface area contributed by atoms with E-state index in [0.717, 1.165) is 27.6 Å². The molecular weight excluding hydrogens is 288 g/mol. The van der Waals surface area contributed by atoms with Gasteiger partial charge in [0.2, 0.25) is 6.54 Å². The minimum absolute atomic E-state index is 0.117. The molecule has 1 N–H and O–H groups in total. The number of H-pyrrole nitrogens is 1. The van der Waals surface area contributed by atoms with Crippen molar-refractivity contribution in [1.29, 1.82) is 0 Å². The van der Waals surface area contributed by atoms with Gasteiger partial charge in [-0.15, -0.1) is 0 Å². The Hall–Kier alpha value is -2.62. The van der Waals surface area contributed by atoms with Crippen LogP contribution in [0.25, 0.3) is 10.9 Å². The fourth-order valence-corrected chi connectivity index (χ4v) is 3.52. The number of fused-ring (bicyclic) bond motifs is 1. The van der Waals surface area contributed by atoms with Crippen LogP contribution >= 0.6 is 0 Å². The van der Waals surface area contributed by atoms with Crippen molar-refractivity contribution in [3.8, 4) is 0 Å². The van der Waals surface area contributed by atoms with Gasteiger partial charge in [0.05, 0.1) is 5.41 Å². The average molecular weight is 308 g/mol. The smallest absolute Gasteiger partial charge is 0.217 e. The van der Waals surface area contributed by atoms with Gasteiger partial charge in [0.1, 0.15) is 0 Å². The Kier molecular flexibility index (Phi) is 3.90. The average Bonchev–Trinajstić information content (AvgIpc) is 2.99. The highest BCUT2D eigenvalue weighted by molar-refractivity contribution is 5.87. The van der Waals surface area contributed by atoms with E-state index < -0.39 is 5.41 Å². The molecule has 0 aliphatic rings. The predicted octanol–water partition coefficient (Wildman–Crippen LogP) is 4.45. The molecule has 0 aliphatic heterocycles. The molecule has 0 saturated heterocycles. The van der Waals surface area contributed by atoms with E-state index in [-0.39, 0.29) is 11.5 Å². The zero-order valence-electron chi connectivity index (χ0n) is 13.4. The first-order chi connectivity index (χ1) is 11.1. The number of aromatic nitrogens is 1. The summed E-state index contributed by atoms with van der Waals surface area (Å²) in [4.78, 5) is 14.6. The Morgan fingerprint density at radius 1 is 1.13 bits per heavy atom. The molecule has 0 saturated carbocycles. The SMILES string of the molecule is CC[C@@](C[N+](=O)[O-])(c1ccccc1)c1c[nH]c2c(C)cccc12. The van der Waals surface area contributed by atoms with Gasteiger partial charge in [-0.1, -0.05) is 55.5 Å². The summed E-state index contributed by atoms with van der Waals surface area (Å²) >= 11 is 0. The summed E-state index contributed by atoms with van der Waals surface area (Å²) in [5.41, 5.74) is 3.56. The van der Waals surface area contributed by atoms with E-state index in [4.69, 9.17) is 0 Å². The standard InChI is InChI=1S/C19H20N2O2/c1-3-19(13-21(22)23,15-9-5-4-6-10-15)17-12-20-18-14(2)8-7-11-16(17)18/h4-12,20H,3,13H2,1-2H3/t19-/m1/s1. The molecule has 0 radical (unpaired) electrons. The van der Waals surface area contributed by atoms with Crippen LogP contribution in [0.4, 0.5) is 0 Å². The second-order valence-corrected chi connectivity index (χ2v) is 5.99. The zero-order valence-corrected chi connectivity index (χ0v) is 13.4. The number of aryl methyl sites for hydroxylation is 1. The molecule has 1 atom stereocenters. The summed E-state index contributed by atoms with van der Waals surface area (Å²) in [6.45, 7) is 3.95. The Bertz CT molecular complexity index is 839. The van der Waals surface area contributed by atoms with E-state index in [2.05, 4.69) is 4.98 Å². The Labute approximate surface area is 135 Å². The Morgan fingerprint density at radius 3 is 2.52 bits per heavy atom. The van der Waals surface area contributed by atoms with E-state index in [1.54, 1.807) is 0 Å². The molecule has 3 rings (SSSR count). The van der Waals surface area contributed by atoms with Crippen LogP contribution in [-0.4, -0.2) is 16.5 Å². The van der Waals surface area contributed by atoms with Crippen molar-refractivity contribution in [3.63, 3.8) is 0 Å². The van der Waals surface area contributed by atoms with Gasteiger partial charge in [0.15, 0.2) is 0 Å². The molecular formula is C19H20N2O2. The van der Waals surface area contributed by atoms with Gasteiger partial charge in [0, 0.05) is 22.0 Å². The molecule has 0 amide bonds. The quantitative estimate of drug-likeness (QED) is 0.559. The highest BCUT2D eigenvalue weighted by Crippen LogP contribution is 2.40. The van der Waals surface area contributed by atoms with Crippen LogP contribution in [-0.2, 0) is 5.41 Å². The Balaban J connectivity index is 2.30. The number of benzene rings is 2. The highest BCUT2D eigenvalue weighted by atomic mass is 16.6. The van der Waals surface area contributed by atoms with Crippen LogP contribution in [0.15, 0.2) is 54.7 Å². The van der Waals surface area contributed by atoms with Crippen molar-refractivity contribution in [1.82, 2.24) is 4.98 Å². The topological polar surface area (TPSA) is 58.9 Å². The van der Waals surface area contributed by atoms with Crippen LogP contribution in [0.5, 0.6) is 0 Å². The van der Waals surface area contributed by atoms with E-state index in [0.29, 0.717) is 6.42 Å². The summed E-state index contributed by atoms with van der Waals surface area (Å²) in [6, 6.07) is 15.9.